The van der Waals surface area contributed by atoms with Crippen molar-refractivity contribution in [3.8, 4) is 0 Å². The van der Waals surface area contributed by atoms with Crippen LogP contribution in [0.3, 0.4) is 0 Å². The predicted molar refractivity (Wildman–Crippen MR) is 89.8 cm³/mol. The Balaban J connectivity index is 2.15. The van der Waals surface area contributed by atoms with Crippen molar-refractivity contribution >= 4 is 43.6 Å². The minimum absolute atomic E-state index is 0.192. The molecule has 0 aliphatic carbocycles. The van der Waals surface area contributed by atoms with Crippen LogP contribution >= 0.6 is 43.6 Å². The van der Waals surface area contributed by atoms with Crippen molar-refractivity contribution in [2.75, 3.05) is 0 Å². The lowest BCUT2D eigenvalue weighted by atomic mass is 10.1. The lowest BCUT2D eigenvalue weighted by molar-refractivity contribution is 0.737. The maximum atomic E-state index is 5.83. The van der Waals surface area contributed by atoms with E-state index in [1.165, 1.54) is 15.4 Å². The Kier molecular flexibility index (Phi) is 5.51. The molecule has 0 aliphatic rings. The molecule has 2 aromatic carbocycles. The van der Waals surface area contributed by atoms with Gasteiger partial charge in [0.2, 0.25) is 0 Å². The summed E-state index contributed by atoms with van der Waals surface area (Å²) in [5, 5.41) is 0. The number of hydrogen-bond donors (Lipinski definition) is 1. The highest BCUT2D eigenvalue weighted by atomic mass is 79.9. The molecule has 0 amide bonds. The molecule has 0 aromatic heterocycles. The highest BCUT2D eigenvalue weighted by Crippen LogP contribution is 2.34. The molecule has 0 heterocycles. The van der Waals surface area contributed by atoms with Crippen molar-refractivity contribution < 1.29 is 0 Å². The number of benzene rings is 2. The van der Waals surface area contributed by atoms with Crippen LogP contribution < -0.4 is 5.73 Å². The molecular formula is C15H15Br2NS. The van der Waals surface area contributed by atoms with Crippen LogP contribution in [0.15, 0.2) is 61.2 Å². The topological polar surface area (TPSA) is 26.0 Å². The molecular weight excluding hydrogens is 386 g/mol. The standard InChI is InChI=1S/C15H15Br2NS/c1-10(18)8-11-2-7-15(14(17)9-11)19-13-5-3-12(16)4-6-13/h2-7,9-10H,8,18H2,1H3. The summed E-state index contributed by atoms with van der Waals surface area (Å²) in [4.78, 5) is 2.44. The van der Waals surface area contributed by atoms with Gasteiger partial charge in [0.25, 0.3) is 0 Å². The van der Waals surface area contributed by atoms with Crippen molar-refractivity contribution in [2.45, 2.75) is 29.2 Å². The first-order valence-electron chi connectivity index (χ1n) is 6.02. The molecule has 2 aromatic rings. The molecule has 100 valence electrons. The van der Waals surface area contributed by atoms with Crippen molar-refractivity contribution in [3.05, 3.63) is 57.0 Å². The van der Waals surface area contributed by atoms with Gasteiger partial charge in [-0.2, -0.15) is 0 Å². The van der Waals surface area contributed by atoms with Gasteiger partial charge in [-0.15, -0.1) is 0 Å². The number of hydrogen-bond acceptors (Lipinski definition) is 2. The van der Waals surface area contributed by atoms with Gasteiger partial charge in [0.1, 0.15) is 0 Å². The monoisotopic (exact) mass is 399 g/mol. The Hall–Kier alpha value is -0.290. The Labute approximate surface area is 135 Å². The fourth-order valence-corrected chi connectivity index (χ4v) is 3.51. The molecule has 0 spiro atoms. The summed E-state index contributed by atoms with van der Waals surface area (Å²) < 4.78 is 2.22. The third-order valence-corrected chi connectivity index (χ3v) is 5.13. The lowest BCUT2D eigenvalue weighted by Gasteiger charge is -2.09. The Morgan fingerprint density at radius 1 is 1.11 bits per heavy atom. The van der Waals surface area contributed by atoms with Crippen molar-refractivity contribution in [1.29, 1.82) is 0 Å². The van der Waals surface area contributed by atoms with Crippen LogP contribution in [-0.2, 0) is 6.42 Å². The van der Waals surface area contributed by atoms with Crippen LogP contribution in [0.2, 0.25) is 0 Å². The zero-order valence-corrected chi connectivity index (χ0v) is 14.6. The predicted octanol–water partition coefficient (Wildman–Crippen LogP) is 5.25. The van der Waals surface area contributed by atoms with Gasteiger partial charge in [-0.3, -0.25) is 0 Å². The highest BCUT2D eigenvalue weighted by Gasteiger charge is 2.05. The highest BCUT2D eigenvalue weighted by molar-refractivity contribution is 9.10. The van der Waals surface area contributed by atoms with E-state index in [-0.39, 0.29) is 6.04 Å². The van der Waals surface area contributed by atoms with Gasteiger partial charge in [-0.05, 0) is 71.2 Å². The zero-order chi connectivity index (χ0) is 13.8. The molecule has 2 rings (SSSR count). The van der Waals surface area contributed by atoms with Gasteiger partial charge in [-0.25, -0.2) is 0 Å². The fourth-order valence-electron chi connectivity index (χ4n) is 1.76. The van der Waals surface area contributed by atoms with E-state index in [9.17, 15) is 0 Å². The van der Waals surface area contributed by atoms with E-state index in [1.807, 2.05) is 6.92 Å². The second kappa shape index (κ2) is 6.93. The van der Waals surface area contributed by atoms with Gasteiger partial charge in [-0.1, -0.05) is 33.8 Å². The largest absolute Gasteiger partial charge is 0.328 e. The SMILES string of the molecule is CC(N)Cc1ccc(Sc2ccc(Br)cc2)c(Br)c1. The van der Waals surface area contributed by atoms with Crippen LogP contribution in [0.4, 0.5) is 0 Å². The van der Waals surface area contributed by atoms with Gasteiger partial charge in [0.15, 0.2) is 0 Å². The normalized spacial score (nSPS) is 12.4. The number of nitrogens with two attached hydrogens (primary N) is 1. The summed E-state index contributed by atoms with van der Waals surface area (Å²) in [7, 11) is 0. The zero-order valence-electron chi connectivity index (χ0n) is 10.6. The van der Waals surface area contributed by atoms with E-state index in [0.717, 1.165) is 15.4 Å². The van der Waals surface area contributed by atoms with Crippen LogP contribution in [0.5, 0.6) is 0 Å². The average molecular weight is 401 g/mol. The summed E-state index contributed by atoms with van der Waals surface area (Å²) in [6.45, 7) is 2.03. The Bertz CT molecular complexity index is 553. The lowest BCUT2D eigenvalue weighted by Crippen LogP contribution is -2.17. The summed E-state index contributed by atoms with van der Waals surface area (Å²) >= 11 is 8.84. The third kappa shape index (κ3) is 4.63. The van der Waals surface area contributed by atoms with E-state index >= 15 is 0 Å². The van der Waals surface area contributed by atoms with Crippen molar-refractivity contribution in [2.24, 2.45) is 5.73 Å². The Morgan fingerprint density at radius 3 is 2.37 bits per heavy atom. The van der Waals surface area contributed by atoms with Gasteiger partial charge < -0.3 is 5.73 Å². The minimum atomic E-state index is 0.192. The summed E-state index contributed by atoms with van der Waals surface area (Å²) in [6.07, 6.45) is 0.905. The van der Waals surface area contributed by atoms with E-state index in [2.05, 4.69) is 74.3 Å². The molecule has 0 bridgehead atoms. The molecule has 0 aliphatic heterocycles. The molecule has 0 fully saturated rings. The minimum Gasteiger partial charge on any atom is -0.328 e. The second-order valence-corrected chi connectivity index (χ2v) is 7.39. The van der Waals surface area contributed by atoms with Crippen LogP contribution in [0, 0.1) is 0 Å². The van der Waals surface area contributed by atoms with Gasteiger partial charge >= 0.3 is 0 Å². The second-order valence-electron chi connectivity index (χ2n) is 4.50. The number of rotatable bonds is 4. The fraction of sp³-hybridized carbons (Fsp3) is 0.200. The first-order chi connectivity index (χ1) is 9.04. The summed E-state index contributed by atoms with van der Waals surface area (Å²) in [6, 6.07) is 15.0. The van der Waals surface area contributed by atoms with Gasteiger partial charge in [0.05, 0.1) is 0 Å². The van der Waals surface area contributed by atoms with Crippen molar-refractivity contribution in [1.82, 2.24) is 0 Å². The first-order valence-corrected chi connectivity index (χ1v) is 8.42. The average Bonchev–Trinajstić information content (AvgIpc) is 2.34. The first kappa shape index (κ1) is 15.1. The molecule has 0 saturated carbocycles. The van der Waals surface area contributed by atoms with E-state index in [0.29, 0.717) is 0 Å². The molecule has 1 atom stereocenters. The maximum absolute atomic E-state index is 5.83. The molecule has 4 heteroatoms. The molecule has 1 unspecified atom stereocenters. The summed E-state index contributed by atoms with van der Waals surface area (Å²) in [5.74, 6) is 0. The Morgan fingerprint density at radius 2 is 1.79 bits per heavy atom. The molecule has 1 nitrogen and oxygen atoms in total. The maximum Gasteiger partial charge on any atom is 0.0317 e. The number of halogens is 2. The smallest absolute Gasteiger partial charge is 0.0317 e. The molecule has 0 radical (unpaired) electrons. The van der Waals surface area contributed by atoms with Crippen LogP contribution in [0.25, 0.3) is 0 Å². The van der Waals surface area contributed by atoms with Crippen molar-refractivity contribution in [3.63, 3.8) is 0 Å². The van der Waals surface area contributed by atoms with Crippen LogP contribution in [0.1, 0.15) is 12.5 Å². The molecule has 19 heavy (non-hydrogen) atoms. The molecule has 0 saturated heterocycles. The van der Waals surface area contributed by atoms with E-state index in [1.54, 1.807) is 11.8 Å². The summed E-state index contributed by atoms with van der Waals surface area (Å²) in [5.41, 5.74) is 7.09. The third-order valence-electron chi connectivity index (χ3n) is 2.60. The van der Waals surface area contributed by atoms with Gasteiger partial charge in [0, 0.05) is 24.8 Å². The van der Waals surface area contributed by atoms with E-state index in [4.69, 9.17) is 5.73 Å². The molecule has 2 N–H and O–H groups in total. The van der Waals surface area contributed by atoms with E-state index < -0.39 is 0 Å². The quantitative estimate of drug-likeness (QED) is 0.757. The van der Waals surface area contributed by atoms with Crippen LogP contribution in [-0.4, -0.2) is 6.04 Å².